The summed E-state index contributed by atoms with van der Waals surface area (Å²) in [5.74, 6) is -0.203. The Bertz CT molecular complexity index is 771. The molecule has 24 heavy (non-hydrogen) atoms. The molecule has 1 aromatic carbocycles. The lowest BCUT2D eigenvalue weighted by molar-refractivity contribution is -0.123. The van der Waals surface area contributed by atoms with Gasteiger partial charge in [0.25, 0.3) is 0 Å². The van der Waals surface area contributed by atoms with Crippen LogP contribution < -0.4 is 4.90 Å². The monoisotopic (exact) mass is 323 g/mol. The van der Waals surface area contributed by atoms with Gasteiger partial charge in [-0.3, -0.25) is 14.4 Å². The van der Waals surface area contributed by atoms with Crippen molar-refractivity contribution in [3.05, 3.63) is 41.0 Å². The number of ketones is 1. The van der Waals surface area contributed by atoms with Crippen molar-refractivity contribution in [3.8, 4) is 0 Å². The lowest BCUT2D eigenvalue weighted by Gasteiger charge is -2.19. The van der Waals surface area contributed by atoms with Crippen LogP contribution in [0, 0.1) is 23.7 Å². The van der Waals surface area contributed by atoms with E-state index in [0.29, 0.717) is 11.3 Å². The van der Waals surface area contributed by atoms with Crippen LogP contribution in [0.4, 0.5) is 5.69 Å². The Morgan fingerprint density at radius 3 is 2.08 bits per heavy atom. The molecule has 2 aliphatic carbocycles. The van der Waals surface area contributed by atoms with E-state index >= 15 is 0 Å². The first-order chi connectivity index (χ1) is 11.4. The number of carbonyl (C=O) groups excluding carboxylic acids is 3. The SMILES string of the molecule is CC(=O)c1cccc(N2C(=O)[C@H]3[C@H](C2=O)[C@H]2CC[C@@H]3C2=C(C)C)c1. The zero-order chi connectivity index (χ0) is 17.2. The van der Waals surface area contributed by atoms with Gasteiger partial charge in [0.15, 0.2) is 5.78 Å². The van der Waals surface area contributed by atoms with Crippen molar-refractivity contribution in [2.24, 2.45) is 23.7 Å². The molecule has 3 aliphatic rings. The number of anilines is 1. The predicted molar refractivity (Wildman–Crippen MR) is 90.5 cm³/mol. The third kappa shape index (κ3) is 1.89. The molecule has 4 heteroatoms. The van der Waals surface area contributed by atoms with Gasteiger partial charge >= 0.3 is 0 Å². The van der Waals surface area contributed by atoms with Crippen molar-refractivity contribution in [2.75, 3.05) is 4.90 Å². The molecule has 1 aromatic rings. The summed E-state index contributed by atoms with van der Waals surface area (Å²) in [6.45, 7) is 5.66. The molecule has 0 N–H and O–H groups in total. The fraction of sp³-hybridized carbons (Fsp3) is 0.450. The molecular weight excluding hydrogens is 302 g/mol. The first-order valence-electron chi connectivity index (χ1n) is 8.58. The normalized spacial score (nSPS) is 31.0. The maximum absolute atomic E-state index is 13.0. The van der Waals surface area contributed by atoms with E-state index in [9.17, 15) is 14.4 Å². The molecule has 4 rings (SSSR count). The van der Waals surface area contributed by atoms with Crippen molar-refractivity contribution in [3.63, 3.8) is 0 Å². The highest BCUT2D eigenvalue weighted by Gasteiger charge is 2.63. The van der Waals surface area contributed by atoms with Gasteiger partial charge < -0.3 is 0 Å². The van der Waals surface area contributed by atoms with Gasteiger partial charge in [-0.25, -0.2) is 4.90 Å². The quantitative estimate of drug-likeness (QED) is 0.476. The summed E-state index contributed by atoms with van der Waals surface area (Å²) in [6.07, 6.45) is 2.01. The van der Waals surface area contributed by atoms with Crippen LogP contribution in [0.3, 0.4) is 0 Å². The van der Waals surface area contributed by atoms with Gasteiger partial charge in [-0.2, -0.15) is 0 Å². The summed E-state index contributed by atoms with van der Waals surface area (Å²) < 4.78 is 0. The molecule has 0 radical (unpaired) electrons. The van der Waals surface area contributed by atoms with E-state index in [0.717, 1.165) is 12.8 Å². The van der Waals surface area contributed by atoms with Crippen LogP contribution in [0.2, 0.25) is 0 Å². The second kappa shape index (κ2) is 5.13. The topological polar surface area (TPSA) is 54.5 Å². The Hall–Kier alpha value is -2.23. The van der Waals surface area contributed by atoms with E-state index < -0.39 is 0 Å². The highest BCUT2D eigenvalue weighted by molar-refractivity contribution is 6.23. The maximum Gasteiger partial charge on any atom is 0.238 e. The Labute approximate surface area is 141 Å². The molecule has 1 heterocycles. The Kier molecular flexibility index (Phi) is 3.27. The standard InChI is InChI=1S/C20H21NO3/c1-10(2)16-14-7-8-15(16)18-17(14)19(23)21(20(18)24)13-6-4-5-12(9-13)11(3)22/h4-6,9,14-15,17-18H,7-8H2,1-3H3/t14-,15+,17-,18-/m1/s1. The van der Waals surface area contributed by atoms with Crippen molar-refractivity contribution in [1.82, 2.24) is 0 Å². The molecule has 2 saturated carbocycles. The summed E-state index contributed by atoms with van der Waals surface area (Å²) in [7, 11) is 0. The number of amides is 2. The third-order valence-corrected chi connectivity index (χ3v) is 5.94. The van der Waals surface area contributed by atoms with E-state index in [4.69, 9.17) is 0 Å². The number of hydrogen-bond donors (Lipinski definition) is 0. The number of Topliss-reactive ketones (excluding diaryl/α,β-unsaturated/α-hetero) is 1. The number of fused-ring (bicyclic) bond motifs is 5. The van der Waals surface area contributed by atoms with Crippen LogP contribution in [0.25, 0.3) is 0 Å². The maximum atomic E-state index is 13.0. The van der Waals surface area contributed by atoms with Crippen molar-refractivity contribution >= 4 is 23.3 Å². The largest absolute Gasteiger partial charge is 0.295 e. The average molecular weight is 323 g/mol. The minimum atomic E-state index is -0.206. The zero-order valence-corrected chi connectivity index (χ0v) is 14.2. The van der Waals surface area contributed by atoms with Crippen LogP contribution in [-0.2, 0) is 9.59 Å². The second-order valence-corrected chi connectivity index (χ2v) is 7.42. The first kappa shape index (κ1) is 15.3. The van der Waals surface area contributed by atoms with Gasteiger partial charge in [0, 0.05) is 5.56 Å². The third-order valence-electron chi connectivity index (χ3n) is 5.94. The van der Waals surface area contributed by atoms with Crippen LogP contribution in [-0.4, -0.2) is 17.6 Å². The molecular formula is C20H21NO3. The second-order valence-electron chi connectivity index (χ2n) is 7.42. The van der Waals surface area contributed by atoms with Crippen LogP contribution >= 0.6 is 0 Å². The molecule has 4 atom stereocenters. The summed E-state index contributed by atoms with van der Waals surface area (Å²) in [5, 5.41) is 0. The van der Waals surface area contributed by atoms with Crippen LogP contribution in [0.15, 0.2) is 35.4 Å². The van der Waals surface area contributed by atoms with E-state index in [1.54, 1.807) is 24.3 Å². The fourth-order valence-corrected chi connectivity index (χ4v) is 5.11. The smallest absolute Gasteiger partial charge is 0.238 e. The molecule has 4 nitrogen and oxygen atoms in total. The van der Waals surface area contributed by atoms with Gasteiger partial charge in [-0.15, -0.1) is 0 Å². The lowest BCUT2D eigenvalue weighted by Crippen LogP contribution is -2.33. The van der Waals surface area contributed by atoms with E-state index in [1.807, 2.05) is 0 Å². The van der Waals surface area contributed by atoms with Crippen LogP contribution in [0.5, 0.6) is 0 Å². The minimum Gasteiger partial charge on any atom is -0.295 e. The number of imide groups is 1. The number of carbonyl (C=O) groups is 3. The molecule has 124 valence electrons. The molecule has 1 saturated heterocycles. The summed E-state index contributed by atoms with van der Waals surface area (Å²) in [6, 6.07) is 6.84. The summed E-state index contributed by atoms with van der Waals surface area (Å²) in [5.41, 5.74) is 3.68. The van der Waals surface area contributed by atoms with Crippen molar-refractivity contribution < 1.29 is 14.4 Å². The molecule has 0 unspecified atom stereocenters. The molecule has 3 fully saturated rings. The van der Waals surface area contributed by atoms with Crippen LogP contribution in [0.1, 0.15) is 44.0 Å². The average Bonchev–Trinajstić information content (AvgIpc) is 3.17. The van der Waals surface area contributed by atoms with Gasteiger partial charge in [-0.05, 0) is 57.6 Å². The lowest BCUT2D eigenvalue weighted by atomic mass is 9.81. The van der Waals surface area contributed by atoms with Gasteiger partial charge in [-0.1, -0.05) is 23.3 Å². The fourth-order valence-electron chi connectivity index (χ4n) is 5.11. The van der Waals surface area contributed by atoms with E-state index in [2.05, 4.69) is 13.8 Å². The van der Waals surface area contributed by atoms with Gasteiger partial charge in [0.1, 0.15) is 0 Å². The molecule has 0 aromatic heterocycles. The number of allylic oxidation sites excluding steroid dienone is 2. The Balaban J connectivity index is 1.75. The number of benzene rings is 1. The van der Waals surface area contributed by atoms with Gasteiger partial charge in [0.05, 0.1) is 17.5 Å². The van der Waals surface area contributed by atoms with E-state index in [-0.39, 0.29) is 41.3 Å². The molecule has 1 aliphatic heterocycles. The molecule has 0 spiro atoms. The molecule has 2 amide bonds. The number of rotatable bonds is 2. The summed E-state index contributed by atoms with van der Waals surface area (Å²) in [4.78, 5) is 39.0. The Morgan fingerprint density at radius 2 is 1.58 bits per heavy atom. The highest BCUT2D eigenvalue weighted by Crippen LogP contribution is 2.60. The highest BCUT2D eigenvalue weighted by atomic mass is 16.2. The van der Waals surface area contributed by atoms with E-state index in [1.165, 1.54) is 23.0 Å². The Morgan fingerprint density at radius 1 is 1.00 bits per heavy atom. The molecule has 2 bridgehead atoms. The number of hydrogen-bond acceptors (Lipinski definition) is 3. The zero-order valence-electron chi connectivity index (χ0n) is 14.2. The predicted octanol–water partition coefficient (Wildman–Crippen LogP) is 3.37. The van der Waals surface area contributed by atoms with Crippen molar-refractivity contribution in [1.29, 1.82) is 0 Å². The summed E-state index contributed by atoms with van der Waals surface area (Å²) >= 11 is 0. The van der Waals surface area contributed by atoms with Crippen molar-refractivity contribution in [2.45, 2.75) is 33.6 Å². The number of nitrogens with zero attached hydrogens (tertiary/aromatic N) is 1. The minimum absolute atomic E-state index is 0.0666. The van der Waals surface area contributed by atoms with Gasteiger partial charge in [0.2, 0.25) is 11.8 Å². The first-order valence-corrected chi connectivity index (χ1v) is 8.58.